The van der Waals surface area contributed by atoms with Gasteiger partial charge in [-0.15, -0.1) is 0 Å². The van der Waals surface area contributed by atoms with Crippen molar-refractivity contribution >= 4 is 0 Å². The van der Waals surface area contributed by atoms with Crippen LogP contribution in [0.3, 0.4) is 0 Å². The Labute approximate surface area is 121 Å². The quantitative estimate of drug-likeness (QED) is 0.732. The molecule has 0 aromatic heterocycles. The second-order valence-electron chi connectivity index (χ2n) is 4.98. The molecule has 1 aromatic rings. The summed E-state index contributed by atoms with van der Waals surface area (Å²) < 4.78 is 17.0. The largest absolute Gasteiger partial charge is 0.494 e. The van der Waals surface area contributed by atoms with Crippen LogP contribution in [0.2, 0.25) is 0 Å². The minimum Gasteiger partial charge on any atom is -0.494 e. The first-order chi connectivity index (χ1) is 9.83. The Morgan fingerprint density at radius 2 is 1.85 bits per heavy atom. The van der Waals surface area contributed by atoms with E-state index in [0.717, 1.165) is 30.9 Å². The summed E-state index contributed by atoms with van der Waals surface area (Å²) in [4.78, 5) is 0. The lowest BCUT2D eigenvalue weighted by molar-refractivity contribution is -0.197. The lowest BCUT2D eigenvalue weighted by Gasteiger charge is -2.28. The number of ether oxygens (including phenoxy) is 3. The van der Waals surface area contributed by atoms with Gasteiger partial charge in [0.2, 0.25) is 0 Å². The van der Waals surface area contributed by atoms with E-state index in [1.165, 1.54) is 6.42 Å². The predicted octanol–water partition coefficient (Wildman–Crippen LogP) is 4.10. The van der Waals surface area contributed by atoms with Crippen LogP contribution in [-0.4, -0.2) is 19.8 Å². The maximum absolute atomic E-state index is 5.79. The Hall–Kier alpha value is -1.32. The summed E-state index contributed by atoms with van der Waals surface area (Å²) in [5.41, 5.74) is 1.05. The van der Waals surface area contributed by atoms with Crippen LogP contribution in [0.1, 0.15) is 38.5 Å². The first-order valence-electron chi connectivity index (χ1n) is 7.46. The van der Waals surface area contributed by atoms with Crippen LogP contribution in [0.25, 0.3) is 0 Å². The van der Waals surface area contributed by atoms with Gasteiger partial charge in [-0.25, -0.2) is 0 Å². The highest BCUT2D eigenvalue weighted by Gasteiger charge is 2.21. The molecular weight excluding hydrogens is 252 g/mol. The number of rotatable bonds is 6. The molecule has 1 aromatic carbocycles. The number of hydrogen-bond donors (Lipinski definition) is 0. The maximum atomic E-state index is 5.79. The molecule has 1 heterocycles. The standard InChI is InChI=1S/C17H24O3/c1-3-5-6-7-14-12-19-17(20-13-14)15-8-10-16(11-9-15)18-4-2/h6-11,14,17H,3-5,12-13H2,1-2H3/t14-,17-. The molecular formula is C17H24O3. The van der Waals surface area contributed by atoms with E-state index in [-0.39, 0.29) is 6.29 Å². The van der Waals surface area contributed by atoms with Gasteiger partial charge in [0.1, 0.15) is 5.75 Å². The Morgan fingerprint density at radius 1 is 1.15 bits per heavy atom. The molecule has 0 aliphatic carbocycles. The van der Waals surface area contributed by atoms with Crippen LogP contribution in [-0.2, 0) is 9.47 Å². The van der Waals surface area contributed by atoms with E-state index in [1.54, 1.807) is 0 Å². The molecule has 110 valence electrons. The van der Waals surface area contributed by atoms with Gasteiger partial charge in [0.15, 0.2) is 6.29 Å². The number of benzene rings is 1. The van der Waals surface area contributed by atoms with Crippen molar-refractivity contribution in [2.24, 2.45) is 5.92 Å². The third-order valence-corrected chi connectivity index (χ3v) is 3.25. The zero-order valence-corrected chi connectivity index (χ0v) is 12.4. The summed E-state index contributed by atoms with van der Waals surface area (Å²) in [5.74, 6) is 1.26. The van der Waals surface area contributed by atoms with Gasteiger partial charge in [-0.05, 0) is 25.5 Å². The fourth-order valence-corrected chi connectivity index (χ4v) is 2.16. The summed E-state index contributed by atoms with van der Waals surface area (Å²) in [7, 11) is 0. The van der Waals surface area contributed by atoms with Gasteiger partial charge >= 0.3 is 0 Å². The van der Waals surface area contributed by atoms with Gasteiger partial charge in [-0.3, -0.25) is 0 Å². The Balaban J connectivity index is 1.83. The molecule has 0 unspecified atom stereocenters. The molecule has 0 amide bonds. The van der Waals surface area contributed by atoms with Gasteiger partial charge in [-0.1, -0.05) is 37.6 Å². The minimum absolute atomic E-state index is 0.249. The summed E-state index contributed by atoms with van der Waals surface area (Å²) in [6.07, 6.45) is 6.48. The molecule has 2 rings (SSSR count). The lowest BCUT2D eigenvalue weighted by Crippen LogP contribution is -2.25. The van der Waals surface area contributed by atoms with Crippen LogP contribution >= 0.6 is 0 Å². The molecule has 0 saturated carbocycles. The van der Waals surface area contributed by atoms with E-state index in [4.69, 9.17) is 14.2 Å². The number of unbranched alkanes of at least 4 members (excludes halogenated alkanes) is 1. The fourth-order valence-electron chi connectivity index (χ4n) is 2.16. The van der Waals surface area contributed by atoms with E-state index >= 15 is 0 Å². The second kappa shape index (κ2) is 8.08. The average Bonchev–Trinajstić information content (AvgIpc) is 2.49. The highest BCUT2D eigenvalue weighted by molar-refractivity contribution is 5.28. The summed E-state index contributed by atoms with van der Waals surface area (Å²) in [6, 6.07) is 7.92. The van der Waals surface area contributed by atoms with Crippen molar-refractivity contribution in [3.05, 3.63) is 42.0 Å². The highest BCUT2D eigenvalue weighted by Crippen LogP contribution is 2.27. The van der Waals surface area contributed by atoms with E-state index < -0.39 is 0 Å². The van der Waals surface area contributed by atoms with Crippen molar-refractivity contribution in [3.8, 4) is 5.75 Å². The molecule has 0 spiro atoms. The Bertz CT molecular complexity index is 403. The fraction of sp³-hybridized carbons (Fsp3) is 0.529. The predicted molar refractivity (Wildman–Crippen MR) is 79.8 cm³/mol. The van der Waals surface area contributed by atoms with Gasteiger partial charge in [-0.2, -0.15) is 0 Å². The SMILES string of the molecule is CCCC=C[C@H]1CO[C@H](c2ccc(OCC)cc2)OC1. The van der Waals surface area contributed by atoms with E-state index in [9.17, 15) is 0 Å². The number of hydrogen-bond acceptors (Lipinski definition) is 3. The molecule has 0 atom stereocenters. The molecule has 0 radical (unpaired) electrons. The van der Waals surface area contributed by atoms with Crippen molar-refractivity contribution in [1.29, 1.82) is 0 Å². The Morgan fingerprint density at radius 3 is 2.45 bits per heavy atom. The molecule has 1 aliphatic rings. The maximum Gasteiger partial charge on any atom is 0.183 e. The number of allylic oxidation sites excluding steroid dienone is 1. The third-order valence-electron chi connectivity index (χ3n) is 3.25. The molecule has 1 aliphatic heterocycles. The van der Waals surface area contributed by atoms with Crippen molar-refractivity contribution < 1.29 is 14.2 Å². The average molecular weight is 276 g/mol. The molecule has 0 bridgehead atoms. The van der Waals surface area contributed by atoms with Crippen LogP contribution in [0, 0.1) is 5.92 Å². The van der Waals surface area contributed by atoms with E-state index in [1.807, 2.05) is 31.2 Å². The lowest BCUT2D eigenvalue weighted by atomic mass is 10.1. The minimum atomic E-state index is -0.249. The summed E-state index contributed by atoms with van der Waals surface area (Å²) >= 11 is 0. The molecule has 1 saturated heterocycles. The molecule has 0 N–H and O–H groups in total. The molecule has 1 fully saturated rings. The first-order valence-corrected chi connectivity index (χ1v) is 7.46. The smallest absolute Gasteiger partial charge is 0.183 e. The molecule has 3 nitrogen and oxygen atoms in total. The normalized spacial score (nSPS) is 23.1. The second-order valence-corrected chi connectivity index (χ2v) is 4.98. The monoisotopic (exact) mass is 276 g/mol. The first kappa shape index (κ1) is 15.1. The van der Waals surface area contributed by atoms with Gasteiger partial charge in [0.25, 0.3) is 0 Å². The molecule has 3 heteroatoms. The zero-order valence-electron chi connectivity index (χ0n) is 12.4. The van der Waals surface area contributed by atoms with Crippen LogP contribution < -0.4 is 4.74 Å². The van der Waals surface area contributed by atoms with Crippen LogP contribution in [0.4, 0.5) is 0 Å². The molecule has 20 heavy (non-hydrogen) atoms. The van der Waals surface area contributed by atoms with E-state index in [2.05, 4.69) is 19.1 Å². The summed E-state index contributed by atoms with van der Waals surface area (Å²) in [5, 5.41) is 0. The van der Waals surface area contributed by atoms with Gasteiger partial charge in [0, 0.05) is 11.5 Å². The summed E-state index contributed by atoms with van der Waals surface area (Å²) in [6.45, 7) is 6.28. The van der Waals surface area contributed by atoms with Crippen molar-refractivity contribution in [1.82, 2.24) is 0 Å². The van der Waals surface area contributed by atoms with Gasteiger partial charge < -0.3 is 14.2 Å². The van der Waals surface area contributed by atoms with Crippen LogP contribution in [0.15, 0.2) is 36.4 Å². The topological polar surface area (TPSA) is 27.7 Å². The highest BCUT2D eigenvalue weighted by atomic mass is 16.7. The Kier molecular flexibility index (Phi) is 6.09. The third kappa shape index (κ3) is 4.36. The van der Waals surface area contributed by atoms with Gasteiger partial charge in [0.05, 0.1) is 19.8 Å². The van der Waals surface area contributed by atoms with Crippen molar-refractivity contribution in [2.45, 2.75) is 33.0 Å². The van der Waals surface area contributed by atoms with E-state index in [0.29, 0.717) is 12.5 Å². The van der Waals surface area contributed by atoms with Crippen molar-refractivity contribution in [3.63, 3.8) is 0 Å². The van der Waals surface area contributed by atoms with Crippen LogP contribution in [0.5, 0.6) is 5.75 Å². The van der Waals surface area contributed by atoms with Crippen molar-refractivity contribution in [2.75, 3.05) is 19.8 Å². The zero-order chi connectivity index (χ0) is 14.2.